The zero-order valence-electron chi connectivity index (χ0n) is 10.0. The predicted molar refractivity (Wildman–Crippen MR) is 63.1 cm³/mol. The quantitative estimate of drug-likeness (QED) is 0.844. The molecule has 2 aromatic heterocycles. The second-order valence-corrected chi connectivity index (χ2v) is 3.94. The molecule has 0 saturated carbocycles. The Morgan fingerprint density at radius 1 is 1.29 bits per heavy atom. The Kier molecular flexibility index (Phi) is 3.43. The molecular weight excluding hydrogens is 216 g/mol. The van der Waals surface area contributed by atoms with Crippen LogP contribution < -0.4 is 5.73 Å². The molecule has 0 fully saturated rings. The van der Waals surface area contributed by atoms with Crippen LogP contribution in [-0.2, 0) is 6.54 Å². The fourth-order valence-electron chi connectivity index (χ4n) is 1.61. The van der Waals surface area contributed by atoms with Crippen LogP contribution in [0.15, 0.2) is 18.6 Å². The molecule has 0 saturated heterocycles. The second kappa shape index (κ2) is 5.01. The van der Waals surface area contributed by atoms with Gasteiger partial charge >= 0.3 is 0 Å². The summed E-state index contributed by atoms with van der Waals surface area (Å²) in [5.74, 6) is 0. The van der Waals surface area contributed by atoms with E-state index in [1.165, 1.54) is 0 Å². The molecular formula is C11H16N6. The van der Waals surface area contributed by atoms with Crippen LogP contribution in [0.4, 0.5) is 0 Å². The maximum absolute atomic E-state index is 6.14. The van der Waals surface area contributed by atoms with Crippen molar-refractivity contribution in [3.8, 4) is 0 Å². The Morgan fingerprint density at radius 3 is 2.76 bits per heavy atom. The number of hydrogen-bond donors (Lipinski definition) is 1. The number of rotatable bonds is 4. The second-order valence-electron chi connectivity index (χ2n) is 3.94. The van der Waals surface area contributed by atoms with E-state index in [-0.39, 0.29) is 6.04 Å². The van der Waals surface area contributed by atoms with Crippen LogP contribution in [0.2, 0.25) is 0 Å². The monoisotopic (exact) mass is 232 g/mol. The van der Waals surface area contributed by atoms with Gasteiger partial charge in [0.25, 0.3) is 0 Å². The van der Waals surface area contributed by atoms with Crippen LogP contribution >= 0.6 is 0 Å². The minimum absolute atomic E-state index is 0.329. The van der Waals surface area contributed by atoms with Gasteiger partial charge in [0.15, 0.2) is 0 Å². The van der Waals surface area contributed by atoms with Gasteiger partial charge in [-0.25, -0.2) is 4.68 Å². The van der Waals surface area contributed by atoms with Crippen molar-refractivity contribution >= 4 is 0 Å². The number of hydrogen-bond acceptors (Lipinski definition) is 5. The van der Waals surface area contributed by atoms with Gasteiger partial charge in [0.05, 0.1) is 35.5 Å². The first kappa shape index (κ1) is 11.7. The van der Waals surface area contributed by atoms with E-state index in [4.69, 9.17) is 5.73 Å². The average molecular weight is 232 g/mol. The number of aromatic nitrogens is 5. The van der Waals surface area contributed by atoms with Crippen molar-refractivity contribution in [1.29, 1.82) is 0 Å². The minimum atomic E-state index is -0.329. The lowest BCUT2D eigenvalue weighted by Crippen LogP contribution is -2.19. The van der Waals surface area contributed by atoms with Gasteiger partial charge in [-0.2, -0.15) is 0 Å². The van der Waals surface area contributed by atoms with E-state index in [0.29, 0.717) is 0 Å². The highest BCUT2D eigenvalue weighted by Gasteiger charge is 2.16. The third-order valence-corrected chi connectivity index (χ3v) is 2.52. The van der Waals surface area contributed by atoms with Crippen molar-refractivity contribution in [1.82, 2.24) is 25.0 Å². The maximum atomic E-state index is 6.14. The first-order valence-electron chi connectivity index (χ1n) is 5.65. The van der Waals surface area contributed by atoms with Crippen molar-refractivity contribution in [2.24, 2.45) is 5.73 Å². The lowest BCUT2D eigenvalue weighted by Gasteiger charge is -2.11. The number of aryl methyl sites for hydroxylation is 2. The van der Waals surface area contributed by atoms with Crippen molar-refractivity contribution < 1.29 is 0 Å². The van der Waals surface area contributed by atoms with Gasteiger partial charge in [-0.05, 0) is 13.3 Å². The fourth-order valence-corrected chi connectivity index (χ4v) is 1.61. The van der Waals surface area contributed by atoms with Crippen molar-refractivity contribution in [3.63, 3.8) is 0 Å². The molecule has 2 N–H and O–H groups in total. The molecule has 2 aromatic rings. The normalized spacial score (nSPS) is 12.6. The lowest BCUT2D eigenvalue weighted by atomic mass is 10.1. The fraction of sp³-hybridized carbons (Fsp3) is 0.455. The summed E-state index contributed by atoms with van der Waals surface area (Å²) >= 11 is 0. The molecule has 2 rings (SSSR count). The Hall–Kier alpha value is -1.82. The van der Waals surface area contributed by atoms with E-state index >= 15 is 0 Å². The van der Waals surface area contributed by atoms with Gasteiger partial charge in [-0.15, -0.1) is 5.10 Å². The van der Waals surface area contributed by atoms with Gasteiger partial charge in [-0.1, -0.05) is 12.1 Å². The highest BCUT2D eigenvalue weighted by atomic mass is 15.4. The molecule has 2 heterocycles. The van der Waals surface area contributed by atoms with Crippen LogP contribution in [0.3, 0.4) is 0 Å². The van der Waals surface area contributed by atoms with Gasteiger partial charge < -0.3 is 5.73 Å². The summed E-state index contributed by atoms with van der Waals surface area (Å²) in [6.45, 7) is 4.79. The van der Waals surface area contributed by atoms with Gasteiger partial charge in [0, 0.05) is 12.7 Å². The molecule has 0 aliphatic heterocycles. The molecule has 0 bridgehead atoms. The Labute approximate surface area is 99.9 Å². The topological polar surface area (TPSA) is 82.5 Å². The average Bonchev–Trinajstić information content (AvgIpc) is 2.78. The SMILES string of the molecule is CCCn1nncc1C(N)c1cnc(C)cn1. The summed E-state index contributed by atoms with van der Waals surface area (Å²) in [5, 5.41) is 7.90. The predicted octanol–water partition coefficient (Wildman–Crippen LogP) is 0.835. The molecule has 0 aliphatic carbocycles. The summed E-state index contributed by atoms with van der Waals surface area (Å²) in [6, 6.07) is -0.329. The molecule has 0 amide bonds. The summed E-state index contributed by atoms with van der Waals surface area (Å²) in [7, 11) is 0. The van der Waals surface area contributed by atoms with Crippen LogP contribution in [0, 0.1) is 6.92 Å². The highest BCUT2D eigenvalue weighted by Crippen LogP contribution is 2.15. The van der Waals surface area contributed by atoms with Crippen LogP contribution in [0.25, 0.3) is 0 Å². The third-order valence-electron chi connectivity index (χ3n) is 2.52. The van der Waals surface area contributed by atoms with Gasteiger partial charge in [0.1, 0.15) is 0 Å². The largest absolute Gasteiger partial charge is 0.318 e. The van der Waals surface area contributed by atoms with E-state index in [2.05, 4.69) is 27.2 Å². The number of nitrogens with zero attached hydrogens (tertiary/aromatic N) is 5. The maximum Gasteiger partial charge on any atom is 0.0929 e. The summed E-state index contributed by atoms with van der Waals surface area (Å²) in [6.07, 6.45) is 6.08. The zero-order chi connectivity index (χ0) is 12.3. The molecule has 0 spiro atoms. The molecule has 17 heavy (non-hydrogen) atoms. The van der Waals surface area contributed by atoms with Gasteiger partial charge in [-0.3, -0.25) is 9.97 Å². The van der Waals surface area contributed by atoms with Crippen LogP contribution in [0.5, 0.6) is 0 Å². The number of nitrogens with two attached hydrogens (primary N) is 1. The van der Waals surface area contributed by atoms with E-state index in [1.807, 2.05) is 11.6 Å². The smallest absolute Gasteiger partial charge is 0.0929 e. The Morgan fingerprint density at radius 2 is 2.12 bits per heavy atom. The van der Waals surface area contributed by atoms with Crippen LogP contribution in [-0.4, -0.2) is 25.0 Å². The highest BCUT2D eigenvalue weighted by molar-refractivity contribution is 5.17. The first-order valence-corrected chi connectivity index (χ1v) is 5.65. The molecule has 6 nitrogen and oxygen atoms in total. The van der Waals surface area contributed by atoms with E-state index in [1.54, 1.807) is 18.6 Å². The Bertz CT molecular complexity index is 475. The Balaban J connectivity index is 2.26. The molecule has 1 unspecified atom stereocenters. The van der Waals surface area contributed by atoms with Crippen molar-refractivity contribution in [2.45, 2.75) is 32.9 Å². The molecule has 1 atom stereocenters. The minimum Gasteiger partial charge on any atom is -0.318 e. The summed E-state index contributed by atoms with van der Waals surface area (Å²) in [5.41, 5.74) is 8.61. The lowest BCUT2D eigenvalue weighted by molar-refractivity contribution is 0.541. The van der Waals surface area contributed by atoms with Crippen molar-refractivity contribution in [3.05, 3.63) is 35.7 Å². The molecule has 0 radical (unpaired) electrons. The van der Waals surface area contributed by atoms with Gasteiger partial charge in [0.2, 0.25) is 0 Å². The summed E-state index contributed by atoms with van der Waals surface area (Å²) in [4.78, 5) is 8.47. The van der Waals surface area contributed by atoms with E-state index in [0.717, 1.165) is 30.0 Å². The standard InChI is InChI=1S/C11H16N6/c1-3-4-17-10(7-15-16-17)11(12)9-6-13-8(2)5-14-9/h5-7,11H,3-4,12H2,1-2H3. The first-order chi connectivity index (χ1) is 8.22. The molecule has 0 aliphatic rings. The van der Waals surface area contributed by atoms with Crippen molar-refractivity contribution in [2.75, 3.05) is 0 Å². The molecule has 6 heteroatoms. The van der Waals surface area contributed by atoms with E-state index in [9.17, 15) is 0 Å². The van der Waals surface area contributed by atoms with E-state index < -0.39 is 0 Å². The molecule has 0 aromatic carbocycles. The third kappa shape index (κ3) is 2.47. The molecule has 90 valence electrons. The summed E-state index contributed by atoms with van der Waals surface area (Å²) < 4.78 is 1.81. The van der Waals surface area contributed by atoms with Crippen LogP contribution in [0.1, 0.15) is 36.5 Å². The zero-order valence-corrected chi connectivity index (χ0v) is 10.0.